The molecule has 0 aliphatic heterocycles. The van der Waals surface area contributed by atoms with E-state index in [0.29, 0.717) is 0 Å². The van der Waals surface area contributed by atoms with E-state index in [-0.39, 0.29) is 6.10 Å². The van der Waals surface area contributed by atoms with E-state index in [1.807, 2.05) is 6.92 Å². The zero-order chi connectivity index (χ0) is 10.3. The van der Waals surface area contributed by atoms with Gasteiger partial charge in [0.25, 0.3) is 0 Å². The smallest absolute Gasteiger partial charge is 0.0573 e. The van der Waals surface area contributed by atoms with Crippen LogP contribution in [0.5, 0.6) is 0 Å². The summed E-state index contributed by atoms with van der Waals surface area (Å²) >= 11 is 0. The molecular weight excluding hydrogens is 176 g/mol. The summed E-state index contributed by atoms with van der Waals surface area (Å²) in [4.78, 5) is 0. The maximum Gasteiger partial charge on any atom is 0.0573 e. The molecule has 0 saturated heterocycles. The number of aliphatic hydroxyl groups is 1. The van der Waals surface area contributed by atoms with E-state index in [9.17, 15) is 5.11 Å². The minimum absolute atomic E-state index is 0.152. The molecule has 0 spiro atoms. The van der Waals surface area contributed by atoms with Gasteiger partial charge in [-0.15, -0.1) is 11.8 Å². The molecule has 0 aromatic heterocycles. The monoisotopic (exact) mass is 198 g/mol. The van der Waals surface area contributed by atoms with Crippen molar-refractivity contribution < 1.29 is 5.11 Å². The van der Waals surface area contributed by atoms with Gasteiger partial charge in [-0.2, -0.15) is 0 Å². The molecule has 0 heterocycles. The first kappa shape index (κ1) is 12.7. The largest absolute Gasteiger partial charge is 0.393 e. The highest BCUT2D eigenvalue weighted by Gasteiger charge is 2.09. The van der Waals surface area contributed by atoms with Crippen molar-refractivity contribution >= 4 is 8.07 Å². The zero-order valence-electron chi connectivity index (χ0n) is 9.35. The highest BCUT2D eigenvalue weighted by atomic mass is 28.3. The first-order chi connectivity index (χ1) is 5.95. The number of hydrogen-bond acceptors (Lipinski definition) is 1. The Labute approximate surface area is 83.6 Å². The van der Waals surface area contributed by atoms with E-state index in [2.05, 4.69) is 31.5 Å². The van der Waals surface area contributed by atoms with E-state index >= 15 is 0 Å². The molecular formula is C11H22OSi. The molecule has 76 valence electrons. The number of aliphatic hydroxyl groups excluding tert-OH is 1. The summed E-state index contributed by atoms with van der Waals surface area (Å²) in [7, 11) is -0.979. The lowest BCUT2D eigenvalue weighted by Gasteiger charge is -2.09. The summed E-state index contributed by atoms with van der Waals surface area (Å²) in [5, 5.41) is 9.26. The van der Waals surface area contributed by atoms with Crippen LogP contribution in [-0.2, 0) is 0 Å². The molecule has 0 bridgehead atoms. The van der Waals surface area contributed by atoms with Gasteiger partial charge in [-0.05, 0) is 12.8 Å². The molecule has 0 aliphatic carbocycles. The van der Waals surface area contributed by atoms with Crippen molar-refractivity contribution in [3.8, 4) is 11.8 Å². The van der Waals surface area contributed by atoms with E-state index in [0.717, 1.165) is 25.3 Å². The molecule has 0 aromatic rings. The molecule has 0 aromatic carbocycles. The molecule has 0 aliphatic rings. The first-order valence-corrected chi connectivity index (χ1v) is 8.80. The van der Waals surface area contributed by atoms with Crippen molar-refractivity contribution in [1.82, 2.24) is 0 Å². The number of rotatable bonds is 4. The van der Waals surface area contributed by atoms with Gasteiger partial charge in [0.15, 0.2) is 0 Å². The van der Waals surface area contributed by atoms with Crippen LogP contribution in [0.15, 0.2) is 0 Å². The van der Waals surface area contributed by atoms with Crippen LogP contribution in [0.4, 0.5) is 0 Å². The van der Waals surface area contributed by atoms with Gasteiger partial charge in [0.2, 0.25) is 0 Å². The second kappa shape index (κ2) is 6.23. The summed E-state index contributed by atoms with van der Waals surface area (Å²) in [6, 6.07) is 1.08. The van der Waals surface area contributed by atoms with Gasteiger partial charge in [-0.1, -0.05) is 26.6 Å². The highest BCUT2D eigenvalue weighted by molar-refractivity contribution is 6.76. The Morgan fingerprint density at radius 2 is 1.85 bits per heavy atom. The van der Waals surface area contributed by atoms with Crippen molar-refractivity contribution in [3.05, 3.63) is 0 Å². The van der Waals surface area contributed by atoms with Gasteiger partial charge >= 0.3 is 0 Å². The summed E-state index contributed by atoms with van der Waals surface area (Å²) in [5.41, 5.74) is 0. The lowest BCUT2D eigenvalue weighted by molar-refractivity contribution is 0.162. The van der Waals surface area contributed by atoms with Crippen LogP contribution in [0.3, 0.4) is 0 Å². The lowest BCUT2D eigenvalue weighted by atomic mass is 10.1. The van der Waals surface area contributed by atoms with Crippen LogP contribution in [-0.4, -0.2) is 19.3 Å². The minimum Gasteiger partial charge on any atom is -0.393 e. The molecule has 0 rings (SSSR count). The normalized spacial score (nSPS) is 13.3. The van der Waals surface area contributed by atoms with Crippen LogP contribution in [0.1, 0.15) is 26.2 Å². The third kappa shape index (κ3) is 9.65. The molecule has 1 N–H and O–H groups in total. The second-order valence-corrected chi connectivity index (χ2v) is 10.2. The Morgan fingerprint density at radius 1 is 1.23 bits per heavy atom. The van der Waals surface area contributed by atoms with Gasteiger partial charge in [0.1, 0.15) is 0 Å². The number of hydrogen-bond donors (Lipinski definition) is 1. The van der Waals surface area contributed by atoms with Crippen molar-refractivity contribution in [2.45, 2.75) is 58.0 Å². The molecule has 2 heteroatoms. The van der Waals surface area contributed by atoms with E-state index in [1.165, 1.54) is 0 Å². The van der Waals surface area contributed by atoms with Crippen LogP contribution >= 0.6 is 0 Å². The van der Waals surface area contributed by atoms with Crippen LogP contribution in [0.2, 0.25) is 25.7 Å². The summed E-state index contributed by atoms with van der Waals surface area (Å²) in [6.07, 6.45) is 2.37. The van der Waals surface area contributed by atoms with Gasteiger partial charge in [0, 0.05) is 12.5 Å². The summed E-state index contributed by atoms with van der Waals surface area (Å²) in [6.45, 7) is 8.97. The standard InChI is InChI=1S/C11H22OSi/c1-5-11(12)9-7-6-8-10-13(2,3)4/h11-12H,5,7,9-10H2,1-4H3. The van der Waals surface area contributed by atoms with Crippen molar-refractivity contribution in [1.29, 1.82) is 0 Å². The average Bonchev–Trinajstić information content (AvgIpc) is 2.01. The average molecular weight is 198 g/mol. The van der Waals surface area contributed by atoms with Crippen LogP contribution in [0, 0.1) is 11.8 Å². The Hall–Kier alpha value is -0.263. The maximum absolute atomic E-state index is 9.26. The van der Waals surface area contributed by atoms with Crippen molar-refractivity contribution in [2.75, 3.05) is 0 Å². The third-order valence-corrected chi connectivity index (χ3v) is 3.05. The quantitative estimate of drug-likeness (QED) is 0.544. The molecule has 13 heavy (non-hydrogen) atoms. The fraction of sp³-hybridized carbons (Fsp3) is 0.818. The second-order valence-electron chi connectivity index (χ2n) is 4.69. The summed E-state index contributed by atoms with van der Waals surface area (Å²) < 4.78 is 0. The van der Waals surface area contributed by atoms with Gasteiger partial charge in [-0.25, -0.2) is 0 Å². The molecule has 1 nitrogen and oxygen atoms in total. The van der Waals surface area contributed by atoms with Crippen LogP contribution < -0.4 is 0 Å². The topological polar surface area (TPSA) is 20.2 Å². The Balaban J connectivity index is 3.52. The highest BCUT2D eigenvalue weighted by Crippen LogP contribution is 2.06. The summed E-state index contributed by atoms with van der Waals surface area (Å²) in [5.74, 6) is 6.34. The van der Waals surface area contributed by atoms with Gasteiger partial charge in [0.05, 0.1) is 14.2 Å². The molecule has 0 saturated carbocycles. The SMILES string of the molecule is CCC(O)CCC#CC[Si](C)(C)C. The molecule has 0 fully saturated rings. The van der Waals surface area contributed by atoms with Gasteiger partial charge < -0.3 is 5.11 Å². The predicted molar refractivity (Wildman–Crippen MR) is 61.5 cm³/mol. The Morgan fingerprint density at radius 3 is 2.31 bits per heavy atom. The molecule has 1 atom stereocenters. The van der Waals surface area contributed by atoms with E-state index < -0.39 is 8.07 Å². The Kier molecular flexibility index (Phi) is 6.10. The van der Waals surface area contributed by atoms with E-state index in [4.69, 9.17) is 0 Å². The van der Waals surface area contributed by atoms with Crippen molar-refractivity contribution in [3.63, 3.8) is 0 Å². The third-order valence-electron chi connectivity index (χ3n) is 1.82. The molecule has 0 amide bonds. The molecule has 1 unspecified atom stereocenters. The fourth-order valence-corrected chi connectivity index (χ4v) is 1.51. The first-order valence-electron chi connectivity index (χ1n) is 5.09. The predicted octanol–water partition coefficient (Wildman–Crippen LogP) is 2.88. The van der Waals surface area contributed by atoms with E-state index in [1.54, 1.807) is 0 Å². The van der Waals surface area contributed by atoms with Crippen molar-refractivity contribution in [2.24, 2.45) is 0 Å². The molecule has 0 radical (unpaired) electrons. The lowest BCUT2D eigenvalue weighted by Crippen LogP contribution is -2.17. The van der Waals surface area contributed by atoms with Gasteiger partial charge in [-0.3, -0.25) is 0 Å². The Bertz CT molecular complexity index is 182. The van der Waals surface area contributed by atoms with Crippen LogP contribution in [0.25, 0.3) is 0 Å². The zero-order valence-corrected chi connectivity index (χ0v) is 10.4. The minimum atomic E-state index is -0.979. The fourth-order valence-electron chi connectivity index (χ4n) is 0.859. The maximum atomic E-state index is 9.26.